The summed E-state index contributed by atoms with van der Waals surface area (Å²) in [6.07, 6.45) is 13.9. The number of nitrogens with zero attached hydrogens (tertiary/aromatic N) is 3. The molecule has 0 aromatic heterocycles. The Morgan fingerprint density at radius 3 is 2.76 bits per heavy atom. The normalized spacial score (nSPS) is 37.8. The predicted octanol–water partition coefficient (Wildman–Crippen LogP) is 4.00. The van der Waals surface area contributed by atoms with E-state index in [0.717, 1.165) is 49.3 Å². The molecule has 1 spiro atoms. The molecule has 0 saturated heterocycles. The van der Waals surface area contributed by atoms with E-state index in [4.69, 9.17) is 14.7 Å². The smallest absolute Gasteiger partial charge is 0.186 e. The summed E-state index contributed by atoms with van der Waals surface area (Å²) >= 11 is 0. The molecule has 2 heterocycles. The van der Waals surface area contributed by atoms with Gasteiger partial charge >= 0.3 is 0 Å². The summed E-state index contributed by atoms with van der Waals surface area (Å²) in [5.74, 6) is 0.632. The van der Waals surface area contributed by atoms with Crippen molar-refractivity contribution in [2.45, 2.75) is 76.9 Å². The van der Waals surface area contributed by atoms with Crippen molar-refractivity contribution >= 4 is 11.9 Å². The molecule has 1 atom stereocenters. The Morgan fingerprint density at radius 2 is 2.04 bits per heavy atom. The van der Waals surface area contributed by atoms with E-state index in [9.17, 15) is 0 Å². The number of rotatable bonds is 6. The molecule has 0 radical (unpaired) electrons. The zero-order chi connectivity index (χ0) is 17.3. The Morgan fingerprint density at radius 1 is 1.24 bits per heavy atom. The fourth-order valence-electron chi connectivity index (χ4n) is 5.32. The van der Waals surface area contributed by atoms with Crippen LogP contribution < -0.4 is 0 Å². The molecule has 138 valence electrons. The van der Waals surface area contributed by atoms with Gasteiger partial charge in [0.2, 0.25) is 0 Å². The minimum absolute atomic E-state index is 0.0590. The molecule has 0 aromatic rings. The van der Waals surface area contributed by atoms with Crippen LogP contribution in [-0.2, 0) is 9.57 Å². The average Bonchev–Trinajstić information content (AvgIpc) is 3.24. The molecule has 4 aliphatic rings. The maximum atomic E-state index is 5.96. The fraction of sp³-hybridized carbons (Fsp3) is 0.800. The van der Waals surface area contributed by atoms with Crippen molar-refractivity contribution in [2.24, 2.45) is 16.2 Å². The average molecular weight is 346 g/mol. The Labute approximate surface area is 151 Å². The van der Waals surface area contributed by atoms with Gasteiger partial charge in [-0.3, -0.25) is 0 Å². The zero-order valence-electron chi connectivity index (χ0n) is 15.7. The van der Waals surface area contributed by atoms with Gasteiger partial charge in [-0.2, -0.15) is 4.59 Å². The molecule has 0 aromatic carbocycles. The van der Waals surface area contributed by atoms with Crippen LogP contribution in [0.15, 0.2) is 22.0 Å². The Bertz CT molecular complexity index is 586. The lowest BCUT2D eigenvalue weighted by atomic mass is 9.69. The van der Waals surface area contributed by atoms with Gasteiger partial charge in [-0.25, -0.2) is 0 Å². The third kappa shape index (κ3) is 2.95. The van der Waals surface area contributed by atoms with Crippen molar-refractivity contribution in [3.05, 3.63) is 11.8 Å². The van der Waals surface area contributed by atoms with Gasteiger partial charge in [0.15, 0.2) is 5.70 Å². The van der Waals surface area contributed by atoms with Crippen LogP contribution in [0.25, 0.3) is 0 Å². The quantitative estimate of drug-likeness (QED) is 0.682. The molecular weight excluding hydrogens is 314 g/mol. The Kier molecular flexibility index (Phi) is 4.71. The second-order valence-electron chi connectivity index (χ2n) is 8.17. The van der Waals surface area contributed by atoms with Crippen LogP contribution in [0.3, 0.4) is 0 Å². The van der Waals surface area contributed by atoms with Gasteiger partial charge in [0.25, 0.3) is 0 Å². The van der Waals surface area contributed by atoms with Crippen molar-refractivity contribution in [1.82, 2.24) is 0 Å². The molecular formula is C20H32N3O2+. The van der Waals surface area contributed by atoms with Crippen LogP contribution in [0.5, 0.6) is 0 Å². The van der Waals surface area contributed by atoms with Gasteiger partial charge < -0.3 is 9.57 Å². The second-order valence-corrected chi connectivity index (χ2v) is 8.17. The molecule has 4 rings (SSSR count). The number of ether oxygens (including phenoxy) is 1. The monoisotopic (exact) mass is 346 g/mol. The number of oxime groups is 1. The molecule has 2 aliphatic carbocycles. The van der Waals surface area contributed by atoms with Gasteiger partial charge in [0.05, 0.1) is 6.21 Å². The van der Waals surface area contributed by atoms with E-state index in [0.29, 0.717) is 12.0 Å². The highest BCUT2D eigenvalue weighted by Crippen LogP contribution is 2.49. The third-order valence-corrected chi connectivity index (χ3v) is 6.60. The summed E-state index contributed by atoms with van der Waals surface area (Å²) in [7, 11) is 0. The first-order valence-electron chi connectivity index (χ1n) is 10.2. The van der Waals surface area contributed by atoms with E-state index in [1.807, 2.05) is 6.21 Å². The molecule has 2 saturated carbocycles. The molecule has 0 N–H and O–H groups in total. The highest BCUT2D eigenvalue weighted by molar-refractivity contribution is 6.03. The largest absolute Gasteiger partial charge is 0.388 e. The molecule has 0 amide bonds. The van der Waals surface area contributed by atoms with Crippen LogP contribution >= 0.6 is 0 Å². The highest BCUT2D eigenvalue weighted by atomic mass is 16.7. The summed E-state index contributed by atoms with van der Waals surface area (Å²) in [6, 6.07) is 0.607. The van der Waals surface area contributed by atoms with E-state index in [2.05, 4.69) is 25.1 Å². The molecule has 0 bridgehead atoms. The van der Waals surface area contributed by atoms with Crippen LogP contribution in [-0.4, -0.2) is 47.9 Å². The lowest BCUT2D eigenvalue weighted by molar-refractivity contribution is -0.915. The van der Waals surface area contributed by atoms with Gasteiger partial charge in [0.1, 0.15) is 23.9 Å². The van der Waals surface area contributed by atoms with Crippen LogP contribution in [0, 0.1) is 5.92 Å². The van der Waals surface area contributed by atoms with E-state index < -0.39 is 0 Å². The second kappa shape index (κ2) is 6.84. The molecule has 2 aliphatic heterocycles. The van der Waals surface area contributed by atoms with E-state index in [-0.39, 0.29) is 5.60 Å². The molecule has 25 heavy (non-hydrogen) atoms. The summed E-state index contributed by atoms with van der Waals surface area (Å²) in [5, 5.41) is 9.50. The van der Waals surface area contributed by atoms with Crippen molar-refractivity contribution < 1.29 is 14.2 Å². The molecule has 1 unspecified atom stereocenters. The number of hydrogen-bond donors (Lipinski definition) is 0. The lowest BCUT2D eigenvalue weighted by Crippen LogP contribution is -2.52. The first-order chi connectivity index (χ1) is 12.2. The molecule has 5 heteroatoms. The lowest BCUT2D eigenvalue weighted by Gasteiger charge is -2.42. The van der Waals surface area contributed by atoms with Crippen LogP contribution in [0.2, 0.25) is 0 Å². The van der Waals surface area contributed by atoms with Crippen LogP contribution in [0.1, 0.15) is 65.2 Å². The molecule has 2 fully saturated rings. The third-order valence-electron chi connectivity index (χ3n) is 6.60. The predicted molar refractivity (Wildman–Crippen MR) is 99.3 cm³/mol. The van der Waals surface area contributed by atoms with Crippen molar-refractivity contribution in [3.63, 3.8) is 0 Å². The summed E-state index contributed by atoms with van der Waals surface area (Å²) < 4.78 is 6.32. The van der Waals surface area contributed by atoms with E-state index in [1.54, 1.807) is 0 Å². The van der Waals surface area contributed by atoms with Gasteiger partial charge in [0, 0.05) is 38.6 Å². The topological polar surface area (TPSA) is 43.2 Å². The first kappa shape index (κ1) is 17.2. The zero-order valence-corrected chi connectivity index (χ0v) is 15.7. The summed E-state index contributed by atoms with van der Waals surface area (Å²) in [5.41, 5.74) is 2.37. The maximum absolute atomic E-state index is 5.96. The van der Waals surface area contributed by atoms with Crippen molar-refractivity contribution in [1.29, 1.82) is 0 Å². The highest BCUT2D eigenvalue weighted by Gasteiger charge is 2.54. The Hall–Kier alpha value is -1.20. The molecule has 5 nitrogen and oxygen atoms in total. The number of allylic oxidation sites excluding steroid dienone is 2. The minimum atomic E-state index is -0.0590. The summed E-state index contributed by atoms with van der Waals surface area (Å²) in [6.45, 7) is 6.99. The number of hydrogen-bond acceptors (Lipinski definition) is 4. The van der Waals surface area contributed by atoms with Gasteiger partial charge in [-0.1, -0.05) is 16.7 Å². The Balaban J connectivity index is 1.44. The van der Waals surface area contributed by atoms with E-state index >= 15 is 0 Å². The maximum Gasteiger partial charge on any atom is 0.186 e. The van der Waals surface area contributed by atoms with Gasteiger partial charge in [-0.15, -0.1) is 0 Å². The van der Waals surface area contributed by atoms with Crippen LogP contribution in [0.4, 0.5) is 0 Å². The standard InChI is InChI=1S/C20H32N3O2/c1-3-23(17-8-6-5-7-9-17)19(10-11-21-23)18-14-20(25-22-18)12-16(13-20)15-24-4-2/h10-11,16-17H,3-9,12-15H2,1-2H3/q+1. The fourth-order valence-corrected chi connectivity index (χ4v) is 5.32. The van der Waals surface area contributed by atoms with Crippen molar-refractivity contribution in [2.75, 3.05) is 19.8 Å². The van der Waals surface area contributed by atoms with Crippen molar-refractivity contribution in [3.8, 4) is 0 Å². The summed E-state index contributed by atoms with van der Waals surface area (Å²) in [4.78, 5) is 5.96. The minimum Gasteiger partial charge on any atom is -0.388 e. The number of quaternary nitrogens is 1. The van der Waals surface area contributed by atoms with E-state index in [1.165, 1.54) is 37.8 Å². The van der Waals surface area contributed by atoms with Gasteiger partial charge in [-0.05, 0) is 45.4 Å². The first-order valence-corrected chi connectivity index (χ1v) is 10.2. The SMILES string of the molecule is CCOCC1CC2(CC(C3=CC=N[N+]3(CC)C3CCCCC3)=NO2)C1.